The molecular formula is C10H19N5O2. The van der Waals surface area contributed by atoms with Crippen molar-refractivity contribution in [1.29, 1.82) is 0 Å². The van der Waals surface area contributed by atoms with E-state index in [0.29, 0.717) is 5.82 Å². The summed E-state index contributed by atoms with van der Waals surface area (Å²) in [6.45, 7) is 9.18. The van der Waals surface area contributed by atoms with Crippen molar-refractivity contribution in [3.05, 3.63) is 5.82 Å². The summed E-state index contributed by atoms with van der Waals surface area (Å²) in [6, 6.07) is -1.07. The summed E-state index contributed by atoms with van der Waals surface area (Å²) in [7, 11) is 0. The standard InChI is InChI=1S/C10H19N5O2/c1-9(2,3)15-13-8(12-14-15)10(4,5)6(11)7(16)17/h6H,11H2,1-5H3,(H,16,17). The number of nitrogens with two attached hydrogens (primary N) is 1. The highest BCUT2D eigenvalue weighted by Gasteiger charge is 2.38. The zero-order valence-corrected chi connectivity index (χ0v) is 10.8. The van der Waals surface area contributed by atoms with Gasteiger partial charge in [0.05, 0.1) is 11.0 Å². The predicted molar refractivity (Wildman–Crippen MR) is 61.5 cm³/mol. The van der Waals surface area contributed by atoms with Crippen molar-refractivity contribution in [2.45, 2.75) is 51.6 Å². The van der Waals surface area contributed by atoms with E-state index in [1.807, 2.05) is 20.8 Å². The number of hydrogen-bond acceptors (Lipinski definition) is 5. The maximum absolute atomic E-state index is 10.9. The summed E-state index contributed by atoms with van der Waals surface area (Å²) in [5, 5.41) is 21.0. The summed E-state index contributed by atoms with van der Waals surface area (Å²) in [5.74, 6) is -0.746. The first-order chi connectivity index (χ1) is 7.56. The highest BCUT2D eigenvalue weighted by Crippen LogP contribution is 2.23. The lowest BCUT2D eigenvalue weighted by molar-refractivity contribution is -0.140. The summed E-state index contributed by atoms with van der Waals surface area (Å²) in [4.78, 5) is 12.4. The molecule has 0 amide bonds. The molecule has 1 atom stereocenters. The van der Waals surface area contributed by atoms with Gasteiger partial charge in [0.2, 0.25) is 0 Å². The SMILES string of the molecule is CC(C)(c1nnn(C(C)(C)C)n1)C(N)C(=O)O. The van der Waals surface area contributed by atoms with Crippen molar-refractivity contribution in [2.75, 3.05) is 0 Å². The number of carbonyl (C=O) groups is 1. The fourth-order valence-electron chi connectivity index (χ4n) is 1.20. The fourth-order valence-corrected chi connectivity index (χ4v) is 1.20. The van der Waals surface area contributed by atoms with E-state index in [1.165, 1.54) is 4.80 Å². The van der Waals surface area contributed by atoms with Crippen LogP contribution in [0.2, 0.25) is 0 Å². The summed E-state index contributed by atoms with van der Waals surface area (Å²) in [6.07, 6.45) is 0. The summed E-state index contributed by atoms with van der Waals surface area (Å²) in [5.41, 5.74) is 4.47. The summed E-state index contributed by atoms with van der Waals surface area (Å²) < 4.78 is 0. The molecule has 7 nitrogen and oxygen atoms in total. The van der Waals surface area contributed by atoms with Gasteiger partial charge in [-0.3, -0.25) is 4.79 Å². The minimum absolute atomic E-state index is 0.297. The molecule has 0 bridgehead atoms. The van der Waals surface area contributed by atoms with Gasteiger partial charge in [0.25, 0.3) is 0 Å². The number of tetrazole rings is 1. The minimum atomic E-state index is -1.08. The zero-order valence-electron chi connectivity index (χ0n) is 10.8. The number of aromatic nitrogens is 4. The molecule has 0 saturated carbocycles. The Balaban J connectivity index is 3.09. The number of aliphatic carboxylic acids is 1. The van der Waals surface area contributed by atoms with Crippen LogP contribution in [0.5, 0.6) is 0 Å². The van der Waals surface area contributed by atoms with Gasteiger partial charge in [0.1, 0.15) is 6.04 Å². The van der Waals surface area contributed by atoms with E-state index in [2.05, 4.69) is 15.4 Å². The van der Waals surface area contributed by atoms with Crippen LogP contribution < -0.4 is 5.73 Å². The molecule has 0 aliphatic carbocycles. The first-order valence-electron chi connectivity index (χ1n) is 5.36. The average Bonchev–Trinajstić information content (AvgIpc) is 2.64. The van der Waals surface area contributed by atoms with Gasteiger partial charge in [-0.25, -0.2) is 0 Å². The molecule has 0 radical (unpaired) electrons. The van der Waals surface area contributed by atoms with Gasteiger partial charge in [-0.2, -0.15) is 4.80 Å². The van der Waals surface area contributed by atoms with Crippen LogP contribution in [-0.2, 0) is 15.7 Å². The Bertz CT molecular complexity index is 419. The second-order valence-corrected chi connectivity index (χ2v) is 5.61. The Morgan fingerprint density at radius 3 is 2.24 bits per heavy atom. The molecule has 7 heteroatoms. The molecule has 0 aliphatic rings. The molecule has 1 aromatic heterocycles. The molecule has 0 aromatic carbocycles. The highest BCUT2D eigenvalue weighted by atomic mass is 16.4. The van der Waals surface area contributed by atoms with Crippen molar-refractivity contribution in [1.82, 2.24) is 20.2 Å². The first-order valence-corrected chi connectivity index (χ1v) is 5.36. The number of carboxylic acids is 1. The Labute approximate surface area is 100.0 Å². The second-order valence-electron chi connectivity index (χ2n) is 5.61. The molecule has 0 aliphatic heterocycles. The van der Waals surface area contributed by atoms with Gasteiger partial charge < -0.3 is 10.8 Å². The molecule has 17 heavy (non-hydrogen) atoms. The molecule has 1 heterocycles. The van der Waals surface area contributed by atoms with Gasteiger partial charge in [0, 0.05) is 0 Å². The van der Waals surface area contributed by atoms with Crippen LogP contribution in [0.3, 0.4) is 0 Å². The van der Waals surface area contributed by atoms with E-state index in [0.717, 1.165) is 0 Å². The average molecular weight is 241 g/mol. The molecule has 1 unspecified atom stereocenters. The third-order valence-corrected chi connectivity index (χ3v) is 2.63. The van der Waals surface area contributed by atoms with Crippen LogP contribution in [0.1, 0.15) is 40.4 Å². The number of hydrogen-bond donors (Lipinski definition) is 2. The molecule has 1 rings (SSSR count). The normalized spacial score (nSPS) is 14.7. The molecule has 0 fully saturated rings. The van der Waals surface area contributed by atoms with Crippen LogP contribution in [0.15, 0.2) is 0 Å². The van der Waals surface area contributed by atoms with Gasteiger partial charge in [-0.1, -0.05) is 13.8 Å². The fraction of sp³-hybridized carbons (Fsp3) is 0.800. The predicted octanol–water partition coefficient (Wildman–Crippen LogP) is 0.118. The molecular weight excluding hydrogens is 222 g/mol. The molecule has 1 aromatic rings. The van der Waals surface area contributed by atoms with Gasteiger partial charge >= 0.3 is 5.97 Å². The van der Waals surface area contributed by atoms with Crippen molar-refractivity contribution in [3.63, 3.8) is 0 Å². The van der Waals surface area contributed by atoms with Crippen molar-refractivity contribution in [3.8, 4) is 0 Å². The number of carboxylic acid groups (broad SMARTS) is 1. The largest absolute Gasteiger partial charge is 0.480 e. The quantitative estimate of drug-likeness (QED) is 0.778. The first kappa shape index (κ1) is 13.6. The van der Waals surface area contributed by atoms with E-state index in [-0.39, 0.29) is 5.54 Å². The maximum Gasteiger partial charge on any atom is 0.321 e. The van der Waals surface area contributed by atoms with Crippen LogP contribution in [0.25, 0.3) is 0 Å². The molecule has 0 saturated heterocycles. The van der Waals surface area contributed by atoms with Gasteiger partial charge in [-0.15, -0.1) is 10.2 Å². The van der Waals surface area contributed by atoms with Gasteiger partial charge in [0.15, 0.2) is 5.82 Å². The topological polar surface area (TPSA) is 107 Å². The van der Waals surface area contributed by atoms with Crippen molar-refractivity contribution < 1.29 is 9.90 Å². The smallest absolute Gasteiger partial charge is 0.321 e. The highest BCUT2D eigenvalue weighted by molar-refractivity contribution is 5.75. The minimum Gasteiger partial charge on any atom is -0.480 e. The monoisotopic (exact) mass is 241 g/mol. The molecule has 3 N–H and O–H groups in total. The van der Waals surface area contributed by atoms with Crippen LogP contribution in [-0.4, -0.2) is 37.3 Å². The van der Waals surface area contributed by atoms with Crippen LogP contribution in [0, 0.1) is 0 Å². The van der Waals surface area contributed by atoms with E-state index in [4.69, 9.17) is 10.8 Å². The zero-order chi connectivity index (χ0) is 13.4. The van der Waals surface area contributed by atoms with Crippen molar-refractivity contribution in [2.24, 2.45) is 5.73 Å². The Morgan fingerprint density at radius 1 is 1.35 bits per heavy atom. The Kier molecular flexibility index (Phi) is 3.24. The maximum atomic E-state index is 10.9. The van der Waals surface area contributed by atoms with E-state index in [1.54, 1.807) is 13.8 Å². The van der Waals surface area contributed by atoms with Crippen molar-refractivity contribution >= 4 is 5.97 Å². The summed E-state index contributed by atoms with van der Waals surface area (Å²) >= 11 is 0. The van der Waals surface area contributed by atoms with Crippen LogP contribution >= 0.6 is 0 Å². The third-order valence-electron chi connectivity index (χ3n) is 2.63. The Morgan fingerprint density at radius 2 is 1.88 bits per heavy atom. The Hall–Kier alpha value is -1.50. The lowest BCUT2D eigenvalue weighted by atomic mass is 9.84. The molecule has 96 valence electrons. The number of rotatable bonds is 3. The van der Waals surface area contributed by atoms with E-state index >= 15 is 0 Å². The lowest BCUT2D eigenvalue weighted by Gasteiger charge is -2.24. The number of nitrogens with zero attached hydrogens (tertiary/aromatic N) is 4. The second kappa shape index (κ2) is 4.06. The van der Waals surface area contributed by atoms with E-state index in [9.17, 15) is 4.79 Å². The van der Waals surface area contributed by atoms with Gasteiger partial charge in [-0.05, 0) is 26.0 Å². The molecule has 0 spiro atoms. The van der Waals surface area contributed by atoms with Crippen LogP contribution in [0.4, 0.5) is 0 Å². The third kappa shape index (κ3) is 2.60. The van der Waals surface area contributed by atoms with E-state index < -0.39 is 17.4 Å². The lowest BCUT2D eigenvalue weighted by Crippen LogP contribution is -2.47.